The molecule has 0 saturated carbocycles. The zero-order chi connectivity index (χ0) is 19.4. The zero-order valence-corrected chi connectivity index (χ0v) is 14.3. The van der Waals surface area contributed by atoms with Crippen LogP contribution in [0.2, 0.25) is 5.02 Å². The van der Waals surface area contributed by atoms with Gasteiger partial charge in [0.05, 0.1) is 11.3 Å². The van der Waals surface area contributed by atoms with Gasteiger partial charge in [0.1, 0.15) is 5.02 Å². The lowest BCUT2D eigenvalue weighted by atomic mass is 10.2. The van der Waals surface area contributed by atoms with Gasteiger partial charge in [-0.15, -0.1) is 0 Å². The van der Waals surface area contributed by atoms with Crippen molar-refractivity contribution >= 4 is 23.3 Å². The highest BCUT2D eigenvalue weighted by molar-refractivity contribution is 6.32. The zero-order valence-electron chi connectivity index (χ0n) is 13.6. The number of anilines is 1. The Morgan fingerprint density at radius 3 is 2.63 bits per heavy atom. The average Bonchev–Trinajstić information content (AvgIpc) is 3.09. The molecular formula is C17H12ClF3N4O2. The number of pyridine rings is 1. The van der Waals surface area contributed by atoms with E-state index < -0.39 is 24.6 Å². The molecule has 2 aromatic heterocycles. The number of ether oxygens (including phenoxy) is 1. The van der Waals surface area contributed by atoms with Gasteiger partial charge in [0.25, 0.3) is 5.91 Å². The van der Waals surface area contributed by atoms with Crippen LogP contribution in [0, 0.1) is 0 Å². The maximum atomic E-state index is 12.3. The Hall–Kier alpha value is -3.07. The van der Waals surface area contributed by atoms with Gasteiger partial charge < -0.3 is 10.1 Å². The number of benzene rings is 1. The van der Waals surface area contributed by atoms with Crippen LogP contribution in [0.25, 0.3) is 5.69 Å². The second-order valence-electron chi connectivity index (χ2n) is 5.35. The fourth-order valence-corrected chi connectivity index (χ4v) is 2.33. The minimum absolute atomic E-state index is 0.0496. The predicted octanol–water partition coefficient (Wildman–Crippen LogP) is 4.11. The number of halogens is 4. The first-order valence-corrected chi connectivity index (χ1v) is 7.97. The van der Waals surface area contributed by atoms with E-state index in [0.29, 0.717) is 0 Å². The van der Waals surface area contributed by atoms with Crippen molar-refractivity contribution in [3.63, 3.8) is 0 Å². The normalized spacial score (nSPS) is 11.3. The van der Waals surface area contributed by atoms with Gasteiger partial charge in [-0.25, -0.2) is 9.67 Å². The minimum atomic E-state index is -4.52. The minimum Gasteiger partial charge on any atom is -0.467 e. The number of hydrogen-bond acceptors (Lipinski definition) is 4. The molecule has 1 amide bonds. The van der Waals surface area contributed by atoms with E-state index in [1.807, 2.05) is 30.3 Å². The molecule has 0 atom stereocenters. The van der Waals surface area contributed by atoms with Crippen LogP contribution in [-0.2, 0) is 0 Å². The summed E-state index contributed by atoms with van der Waals surface area (Å²) in [6.45, 7) is -1.53. The molecule has 1 N–H and O–H groups in total. The van der Waals surface area contributed by atoms with Gasteiger partial charge in [-0.1, -0.05) is 29.8 Å². The third-order valence-electron chi connectivity index (χ3n) is 3.29. The van der Waals surface area contributed by atoms with E-state index in [9.17, 15) is 18.0 Å². The number of alkyl halides is 3. The third-order valence-corrected chi connectivity index (χ3v) is 3.56. The Balaban J connectivity index is 1.68. The summed E-state index contributed by atoms with van der Waals surface area (Å²) in [7, 11) is 0. The van der Waals surface area contributed by atoms with Crippen molar-refractivity contribution in [3.8, 4) is 11.6 Å². The molecule has 10 heteroatoms. The first-order valence-electron chi connectivity index (χ1n) is 7.59. The smallest absolute Gasteiger partial charge is 0.422 e. The number of rotatable bonds is 5. The van der Waals surface area contributed by atoms with Gasteiger partial charge in [-0.3, -0.25) is 4.79 Å². The Bertz CT molecular complexity index is 945. The maximum Gasteiger partial charge on any atom is 0.422 e. The SMILES string of the molecule is O=C(Nc1ccn(-c2ccccc2)n1)c1cnc(OCC(F)(F)F)c(Cl)c1. The summed E-state index contributed by atoms with van der Waals surface area (Å²) in [6, 6.07) is 12.0. The van der Waals surface area contributed by atoms with E-state index in [-0.39, 0.29) is 16.4 Å². The summed E-state index contributed by atoms with van der Waals surface area (Å²) < 4.78 is 42.6. The van der Waals surface area contributed by atoms with Crippen molar-refractivity contribution < 1.29 is 22.7 Å². The summed E-state index contributed by atoms with van der Waals surface area (Å²) in [5, 5.41) is 6.58. The van der Waals surface area contributed by atoms with Crippen LogP contribution >= 0.6 is 11.6 Å². The second-order valence-corrected chi connectivity index (χ2v) is 5.76. The Morgan fingerprint density at radius 1 is 1.22 bits per heavy atom. The van der Waals surface area contributed by atoms with Gasteiger partial charge in [0.15, 0.2) is 12.4 Å². The molecule has 0 fully saturated rings. The second kappa shape index (κ2) is 7.67. The number of nitrogens with one attached hydrogen (secondary N) is 1. The quantitative estimate of drug-likeness (QED) is 0.704. The monoisotopic (exact) mass is 396 g/mol. The summed E-state index contributed by atoms with van der Waals surface area (Å²) in [6.07, 6.45) is -1.77. The van der Waals surface area contributed by atoms with Crippen LogP contribution in [0.15, 0.2) is 54.9 Å². The molecule has 0 aliphatic rings. The van der Waals surface area contributed by atoms with E-state index in [0.717, 1.165) is 11.9 Å². The molecule has 0 bridgehead atoms. The van der Waals surface area contributed by atoms with Crippen LogP contribution in [-0.4, -0.2) is 33.5 Å². The topological polar surface area (TPSA) is 69.0 Å². The van der Waals surface area contributed by atoms with Gasteiger partial charge in [-0.05, 0) is 18.2 Å². The van der Waals surface area contributed by atoms with Crippen LogP contribution in [0.5, 0.6) is 5.88 Å². The molecule has 0 radical (unpaired) electrons. The largest absolute Gasteiger partial charge is 0.467 e. The predicted molar refractivity (Wildman–Crippen MR) is 92.3 cm³/mol. The molecular weight excluding hydrogens is 385 g/mol. The molecule has 0 spiro atoms. The summed E-state index contributed by atoms with van der Waals surface area (Å²) >= 11 is 5.83. The van der Waals surface area contributed by atoms with Crippen molar-refractivity contribution in [1.29, 1.82) is 0 Å². The number of carbonyl (C=O) groups is 1. The van der Waals surface area contributed by atoms with Crippen LogP contribution in [0.4, 0.5) is 19.0 Å². The molecule has 1 aromatic carbocycles. The molecule has 0 saturated heterocycles. The van der Waals surface area contributed by atoms with Crippen molar-refractivity contribution in [3.05, 3.63) is 65.4 Å². The molecule has 6 nitrogen and oxygen atoms in total. The highest BCUT2D eigenvalue weighted by atomic mass is 35.5. The van der Waals surface area contributed by atoms with Crippen molar-refractivity contribution in [1.82, 2.24) is 14.8 Å². The molecule has 0 aliphatic heterocycles. The first kappa shape index (κ1) is 18.7. The maximum absolute atomic E-state index is 12.3. The van der Waals surface area contributed by atoms with E-state index in [2.05, 4.69) is 20.1 Å². The highest BCUT2D eigenvalue weighted by Crippen LogP contribution is 2.25. The summed E-state index contributed by atoms with van der Waals surface area (Å²) in [4.78, 5) is 15.9. The molecule has 27 heavy (non-hydrogen) atoms. The van der Waals surface area contributed by atoms with Crippen molar-refractivity contribution in [2.75, 3.05) is 11.9 Å². The van der Waals surface area contributed by atoms with E-state index in [4.69, 9.17) is 11.6 Å². The van der Waals surface area contributed by atoms with Crippen LogP contribution in [0.1, 0.15) is 10.4 Å². The molecule has 140 valence electrons. The Morgan fingerprint density at radius 2 is 1.96 bits per heavy atom. The van der Waals surface area contributed by atoms with Gasteiger partial charge >= 0.3 is 6.18 Å². The lowest BCUT2D eigenvalue weighted by molar-refractivity contribution is -0.154. The van der Waals surface area contributed by atoms with E-state index in [1.54, 1.807) is 16.9 Å². The molecule has 0 unspecified atom stereocenters. The number of para-hydroxylation sites is 1. The number of amides is 1. The Kier molecular flexibility index (Phi) is 5.31. The van der Waals surface area contributed by atoms with Crippen LogP contribution in [0.3, 0.4) is 0 Å². The van der Waals surface area contributed by atoms with Gasteiger partial charge in [0, 0.05) is 18.5 Å². The van der Waals surface area contributed by atoms with E-state index >= 15 is 0 Å². The van der Waals surface area contributed by atoms with E-state index in [1.165, 1.54) is 6.07 Å². The molecule has 3 aromatic rings. The van der Waals surface area contributed by atoms with Crippen molar-refractivity contribution in [2.45, 2.75) is 6.18 Å². The molecule has 0 aliphatic carbocycles. The lowest BCUT2D eigenvalue weighted by Crippen LogP contribution is -2.20. The third kappa shape index (κ3) is 4.98. The number of aromatic nitrogens is 3. The lowest BCUT2D eigenvalue weighted by Gasteiger charge is -2.10. The molecule has 2 heterocycles. The summed E-state index contributed by atoms with van der Waals surface area (Å²) in [5.41, 5.74) is 0.863. The van der Waals surface area contributed by atoms with Crippen molar-refractivity contribution in [2.24, 2.45) is 0 Å². The Labute approximate surface area is 156 Å². The molecule has 3 rings (SSSR count). The number of nitrogens with zero attached hydrogens (tertiary/aromatic N) is 3. The fraction of sp³-hybridized carbons (Fsp3) is 0.118. The highest BCUT2D eigenvalue weighted by Gasteiger charge is 2.29. The van der Waals surface area contributed by atoms with Gasteiger partial charge in [0.2, 0.25) is 5.88 Å². The number of carbonyl (C=O) groups excluding carboxylic acids is 1. The fourth-order valence-electron chi connectivity index (χ4n) is 2.11. The summed E-state index contributed by atoms with van der Waals surface area (Å²) in [5.74, 6) is -0.679. The first-order chi connectivity index (χ1) is 12.8. The standard InChI is InChI=1S/C17H12ClF3N4O2/c18-13-8-11(9-22-16(13)27-10-17(19,20)21)15(26)23-14-6-7-25(24-14)12-4-2-1-3-5-12/h1-9H,10H2,(H,23,24,26). The number of hydrogen-bond donors (Lipinski definition) is 1. The average molecular weight is 397 g/mol. The van der Waals surface area contributed by atoms with Crippen LogP contribution < -0.4 is 10.1 Å². The van der Waals surface area contributed by atoms with Gasteiger partial charge in [-0.2, -0.15) is 18.3 Å².